The molecular formula is C6H2F4INO2. The molecule has 0 unspecified atom stereocenters. The van der Waals surface area contributed by atoms with Gasteiger partial charge in [0.2, 0.25) is 11.3 Å². The van der Waals surface area contributed by atoms with Crippen LogP contribution in [-0.4, -0.2) is 11.3 Å². The Morgan fingerprint density at radius 2 is 2.00 bits per heavy atom. The summed E-state index contributed by atoms with van der Waals surface area (Å²) in [6, 6.07) is 0. The Morgan fingerprint density at radius 1 is 1.43 bits per heavy atom. The van der Waals surface area contributed by atoms with Crippen LogP contribution in [0.1, 0.15) is 0 Å². The highest BCUT2D eigenvalue weighted by atomic mass is 127. The second-order valence-corrected chi connectivity index (χ2v) is 3.24. The Labute approximate surface area is 88.2 Å². The fourth-order valence-corrected chi connectivity index (χ4v) is 1.18. The van der Waals surface area contributed by atoms with Crippen molar-refractivity contribution in [1.29, 1.82) is 0 Å². The number of hydrogen-bond acceptors (Lipinski definition) is 2. The van der Waals surface area contributed by atoms with Crippen LogP contribution in [0.15, 0.2) is 11.0 Å². The second kappa shape index (κ2) is 3.75. The molecule has 0 fully saturated rings. The third-order valence-electron chi connectivity index (χ3n) is 1.16. The van der Waals surface area contributed by atoms with Crippen LogP contribution in [0, 0.1) is 9.39 Å². The van der Waals surface area contributed by atoms with Crippen LogP contribution in [0.2, 0.25) is 0 Å². The van der Waals surface area contributed by atoms with E-state index in [-0.39, 0.29) is 0 Å². The largest absolute Gasteiger partial charge is 0.574 e. The summed E-state index contributed by atoms with van der Waals surface area (Å²) in [5.41, 5.74) is -1.14. The van der Waals surface area contributed by atoms with Gasteiger partial charge in [-0.15, -0.1) is 13.2 Å². The molecule has 1 rings (SSSR count). The molecule has 0 aliphatic rings. The summed E-state index contributed by atoms with van der Waals surface area (Å²) >= 11 is 1.26. The molecule has 0 radical (unpaired) electrons. The third-order valence-corrected chi connectivity index (χ3v) is 2.14. The van der Waals surface area contributed by atoms with Crippen molar-refractivity contribution in [3.63, 3.8) is 0 Å². The van der Waals surface area contributed by atoms with Crippen LogP contribution >= 0.6 is 22.6 Å². The fourth-order valence-electron chi connectivity index (χ4n) is 0.656. The standard InChI is InChI=1S/C6H2F4INO2/c7-2-1-12-5(3(11)4(2)13)14-6(8,9)10/h1H,(H,12,13). The van der Waals surface area contributed by atoms with Crippen molar-refractivity contribution in [3.8, 4) is 5.88 Å². The van der Waals surface area contributed by atoms with Crippen molar-refractivity contribution in [3.05, 3.63) is 25.8 Å². The minimum atomic E-state index is -4.92. The van der Waals surface area contributed by atoms with Gasteiger partial charge in [-0.05, 0) is 22.6 Å². The first-order valence-corrected chi connectivity index (χ1v) is 4.21. The van der Waals surface area contributed by atoms with E-state index in [2.05, 4.69) is 4.74 Å². The van der Waals surface area contributed by atoms with Crippen molar-refractivity contribution in [2.75, 3.05) is 0 Å². The molecule has 0 aliphatic heterocycles. The highest BCUT2D eigenvalue weighted by Gasteiger charge is 2.33. The van der Waals surface area contributed by atoms with Crippen LogP contribution in [-0.2, 0) is 0 Å². The van der Waals surface area contributed by atoms with Crippen molar-refractivity contribution >= 4 is 22.6 Å². The molecule has 0 spiro atoms. The zero-order valence-electron chi connectivity index (χ0n) is 6.28. The normalized spacial score (nSPS) is 11.5. The van der Waals surface area contributed by atoms with Crippen molar-refractivity contribution in [1.82, 2.24) is 4.98 Å². The minimum absolute atomic E-state index is 0.486. The van der Waals surface area contributed by atoms with Gasteiger partial charge in [0.1, 0.15) is 3.57 Å². The molecule has 3 nitrogen and oxygen atoms in total. The third kappa shape index (κ3) is 2.59. The molecule has 1 N–H and O–H groups in total. The highest BCUT2D eigenvalue weighted by molar-refractivity contribution is 14.1. The molecule has 0 atom stereocenters. The number of alkyl halides is 3. The van der Waals surface area contributed by atoms with E-state index >= 15 is 0 Å². The van der Waals surface area contributed by atoms with E-state index < -0.39 is 27.1 Å². The van der Waals surface area contributed by atoms with Gasteiger partial charge in [-0.25, -0.2) is 4.39 Å². The lowest BCUT2D eigenvalue weighted by molar-refractivity contribution is -0.276. The van der Waals surface area contributed by atoms with E-state index in [9.17, 15) is 22.4 Å². The Kier molecular flexibility index (Phi) is 3.02. The molecule has 0 saturated carbocycles. The zero-order valence-corrected chi connectivity index (χ0v) is 8.44. The number of ether oxygens (including phenoxy) is 1. The predicted molar refractivity (Wildman–Crippen MR) is 46.4 cm³/mol. The fraction of sp³-hybridized carbons (Fsp3) is 0.167. The summed E-state index contributed by atoms with van der Waals surface area (Å²) in [7, 11) is 0. The van der Waals surface area contributed by atoms with Gasteiger partial charge >= 0.3 is 6.36 Å². The maximum absolute atomic E-state index is 12.5. The molecule has 0 aromatic carbocycles. The molecule has 1 heterocycles. The lowest BCUT2D eigenvalue weighted by atomic mass is 10.4. The quantitative estimate of drug-likeness (QED) is 0.635. The first kappa shape index (κ1) is 11.3. The summed E-state index contributed by atoms with van der Waals surface area (Å²) in [5.74, 6) is -1.98. The highest BCUT2D eigenvalue weighted by Crippen LogP contribution is 2.23. The molecule has 0 bridgehead atoms. The minimum Gasteiger partial charge on any atom is -0.389 e. The number of pyridine rings is 1. The number of nitrogens with one attached hydrogen (secondary N) is 1. The number of halogens is 5. The summed E-state index contributed by atoms with van der Waals surface area (Å²) in [5, 5.41) is 0. The van der Waals surface area contributed by atoms with Gasteiger partial charge < -0.3 is 9.72 Å². The summed E-state index contributed by atoms with van der Waals surface area (Å²) in [6.07, 6.45) is -4.41. The van der Waals surface area contributed by atoms with E-state index in [1.807, 2.05) is 4.98 Å². The first-order valence-electron chi connectivity index (χ1n) is 3.13. The Hall–Kier alpha value is -0.800. The lowest BCUT2D eigenvalue weighted by Gasteiger charge is -2.09. The number of rotatable bonds is 1. The van der Waals surface area contributed by atoms with Gasteiger partial charge in [0.05, 0.1) is 0 Å². The first-order chi connectivity index (χ1) is 6.31. The van der Waals surface area contributed by atoms with Crippen LogP contribution in [0.4, 0.5) is 17.6 Å². The molecule has 1 aromatic rings. The van der Waals surface area contributed by atoms with Crippen LogP contribution in [0.3, 0.4) is 0 Å². The Balaban J connectivity index is 3.13. The van der Waals surface area contributed by atoms with Crippen LogP contribution in [0.25, 0.3) is 0 Å². The number of hydrogen-bond donors (Lipinski definition) is 1. The zero-order chi connectivity index (χ0) is 10.9. The number of aromatic nitrogens is 1. The predicted octanol–water partition coefficient (Wildman–Crippen LogP) is 2.02. The second-order valence-electron chi connectivity index (χ2n) is 2.16. The van der Waals surface area contributed by atoms with E-state index in [0.29, 0.717) is 6.20 Å². The van der Waals surface area contributed by atoms with E-state index in [4.69, 9.17) is 0 Å². The molecule has 1 aromatic heterocycles. The maximum Gasteiger partial charge on any atom is 0.574 e. The molecule has 0 saturated heterocycles. The van der Waals surface area contributed by atoms with Gasteiger partial charge in [0.25, 0.3) is 0 Å². The lowest BCUT2D eigenvalue weighted by Crippen LogP contribution is -2.22. The summed E-state index contributed by atoms with van der Waals surface area (Å²) < 4.78 is 50.6. The van der Waals surface area contributed by atoms with Crippen molar-refractivity contribution in [2.24, 2.45) is 0 Å². The van der Waals surface area contributed by atoms with Gasteiger partial charge in [0, 0.05) is 6.20 Å². The van der Waals surface area contributed by atoms with E-state index in [0.717, 1.165) is 0 Å². The average Bonchev–Trinajstić information content (AvgIpc) is 2.04. The maximum atomic E-state index is 12.5. The van der Waals surface area contributed by atoms with Gasteiger partial charge in [0.15, 0.2) is 5.82 Å². The Morgan fingerprint density at radius 3 is 2.50 bits per heavy atom. The number of aromatic amines is 1. The monoisotopic (exact) mass is 323 g/mol. The van der Waals surface area contributed by atoms with Gasteiger partial charge in [-0.3, -0.25) is 4.79 Å². The summed E-state index contributed by atoms with van der Waals surface area (Å²) in [6.45, 7) is 0. The van der Waals surface area contributed by atoms with Crippen LogP contribution in [0.5, 0.6) is 5.88 Å². The topological polar surface area (TPSA) is 42.1 Å². The molecule has 8 heteroatoms. The van der Waals surface area contributed by atoms with Crippen molar-refractivity contribution < 1.29 is 22.3 Å². The van der Waals surface area contributed by atoms with Crippen LogP contribution < -0.4 is 10.2 Å². The smallest absolute Gasteiger partial charge is 0.389 e. The molecule has 78 valence electrons. The molecule has 0 aliphatic carbocycles. The van der Waals surface area contributed by atoms with E-state index in [1.165, 1.54) is 22.6 Å². The van der Waals surface area contributed by atoms with Gasteiger partial charge in [-0.2, -0.15) is 0 Å². The number of H-pyrrole nitrogens is 1. The Bertz CT molecular complexity index is 400. The van der Waals surface area contributed by atoms with Crippen molar-refractivity contribution in [2.45, 2.75) is 6.36 Å². The van der Waals surface area contributed by atoms with E-state index in [1.54, 1.807) is 0 Å². The summed E-state index contributed by atoms with van der Waals surface area (Å²) in [4.78, 5) is 12.7. The average molecular weight is 323 g/mol. The molecule has 0 amide bonds. The van der Waals surface area contributed by atoms with Gasteiger partial charge in [-0.1, -0.05) is 0 Å². The SMILES string of the molecule is O=c1c(F)c[nH]c(OC(F)(F)F)c1I. The molecule has 14 heavy (non-hydrogen) atoms. The molecular weight excluding hydrogens is 321 g/mol.